The summed E-state index contributed by atoms with van der Waals surface area (Å²) in [6, 6.07) is 0. The van der Waals surface area contributed by atoms with Crippen LogP contribution in [0, 0.1) is 0 Å². The highest BCUT2D eigenvalue weighted by Gasteiger charge is 2.03. The van der Waals surface area contributed by atoms with Gasteiger partial charge in [-0.1, -0.05) is 13.3 Å². The lowest BCUT2D eigenvalue weighted by molar-refractivity contribution is 0.0804. The SMILES string of the molecule is CCCC(O)n1cncn1. The second-order valence-corrected chi connectivity index (χ2v) is 2.14. The Morgan fingerprint density at radius 2 is 2.50 bits per heavy atom. The van der Waals surface area contributed by atoms with Crippen LogP contribution in [0.4, 0.5) is 0 Å². The highest BCUT2D eigenvalue weighted by atomic mass is 16.3. The fourth-order valence-electron chi connectivity index (χ4n) is 0.762. The first-order valence-electron chi connectivity index (χ1n) is 3.36. The van der Waals surface area contributed by atoms with E-state index in [4.69, 9.17) is 0 Å². The first kappa shape index (κ1) is 7.21. The van der Waals surface area contributed by atoms with Crippen molar-refractivity contribution >= 4 is 0 Å². The summed E-state index contributed by atoms with van der Waals surface area (Å²) in [6.07, 6.45) is 4.09. The fraction of sp³-hybridized carbons (Fsp3) is 0.667. The summed E-state index contributed by atoms with van der Waals surface area (Å²) in [4.78, 5) is 3.72. The lowest BCUT2D eigenvalue weighted by Gasteiger charge is -2.06. The van der Waals surface area contributed by atoms with E-state index in [2.05, 4.69) is 10.1 Å². The van der Waals surface area contributed by atoms with Crippen LogP contribution in [0.2, 0.25) is 0 Å². The van der Waals surface area contributed by atoms with Gasteiger partial charge >= 0.3 is 0 Å². The fourth-order valence-corrected chi connectivity index (χ4v) is 0.762. The minimum Gasteiger partial charge on any atom is -0.372 e. The maximum atomic E-state index is 9.27. The zero-order chi connectivity index (χ0) is 7.40. The van der Waals surface area contributed by atoms with Gasteiger partial charge in [0, 0.05) is 0 Å². The van der Waals surface area contributed by atoms with E-state index in [0.29, 0.717) is 0 Å². The molecule has 1 rings (SSSR count). The first-order valence-corrected chi connectivity index (χ1v) is 3.36. The highest BCUT2D eigenvalue weighted by molar-refractivity contribution is 4.59. The number of nitrogens with zero attached hydrogens (tertiary/aromatic N) is 3. The average molecular weight is 141 g/mol. The minimum absolute atomic E-state index is 0.507. The van der Waals surface area contributed by atoms with Crippen molar-refractivity contribution in [3.05, 3.63) is 12.7 Å². The van der Waals surface area contributed by atoms with Crippen molar-refractivity contribution in [1.29, 1.82) is 0 Å². The second kappa shape index (κ2) is 3.31. The molecule has 1 aromatic rings. The molecule has 0 spiro atoms. The summed E-state index contributed by atoms with van der Waals surface area (Å²) in [5, 5.41) is 13.1. The van der Waals surface area contributed by atoms with Crippen LogP contribution in [-0.4, -0.2) is 19.9 Å². The van der Waals surface area contributed by atoms with Gasteiger partial charge in [-0.3, -0.25) is 0 Å². The molecule has 0 aromatic carbocycles. The van der Waals surface area contributed by atoms with Gasteiger partial charge in [-0.2, -0.15) is 5.10 Å². The highest BCUT2D eigenvalue weighted by Crippen LogP contribution is 2.05. The summed E-state index contributed by atoms with van der Waals surface area (Å²) >= 11 is 0. The van der Waals surface area contributed by atoms with Crippen molar-refractivity contribution in [3.8, 4) is 0 Å². The van der Waals surface area contributed by atoms with Gasteiger partial charge in [-0.15, -0.1) is 0 Å². The van der Waals surface area contributed by atoms with Crippen LogP contribution in [0.25, 0.3) is 0 Å². The van der Waals surface area contributed by atoms with Crippen molar-refractivity contribution in [2.45, 2.75) is 26.0 Å². The zero-order valence-corrected chi connectivity index (χ0v) is 5.94. The van der Waals surface area contributed by atoms with E-state index >= 15 is 0 Å². The smallest absolute Gasteiger partial charge is 0.148 e. The molecule has 1 atom stereocenters. The molecular formula is C6H11N3O. The Morgan fingerprint density at radius 1 is 1.70 bits per heavy atom. The van der Waals surface area contributed by atoms with Gasteiger partial charge in [0.25, 0.3) is 0 Å². The molecule has 1 unspecified atom stereocenters. The minimum atomic E-state index is -0.507. The van der Waals surface area contributed by atoms with Gasteiger partial charge in [0.05, 0.1) is 0 Å². The maximum absolute atomic E-state index is 9.27. The van der Waals surface area contributed by atoms with E-state index < -0.39 is 6.23 Å². The largest absolute Gasteiger partial charge is 0.372 e. The van der Waals surface area contributed by atoms with Gasteiger partial charge in [0.2, 0.25) is 0 Å². The van der Waals surface area contributed by atoms with Crippen molar-refractivity contribution in [2.24, 2.45) is 0 Å². The van der Waals surface area contributed by atoms with Crippen LogP contribution in [-0.2, 0) is 0 Å². The molecule has 4 nitrogen and oxygen atoms in total. The Labute approximate surface area is 59.5 Å². The molecule has 1 heterocycles. The molecule has 0 aliphatic heterocycles. The molecule has 10 heavy (non-hydrogen) atoms. The third kappa shape index (κ3) is 1.54. The number of rotatable bonds is 3. The standard InChI is InChI=1S/C6H11N3O/c1-2-3-6(10)9-5-7-4-8-9/h4-6,10H,2-3H2,1H3. The molecule has 0 saturated heterocycles. The molecule has 0 amide bonds. The molecule has 0 fully saturated rings. The Balaban J connectivity index is 2.50. The van der Waals surface area contributed by atoms with Crippen molar-refractivity contribution in [1.82, 2.24) is 14.8 Å². The Morgan fingerprint density at radius 3 is 3.00 bits per heavy atom. The number of aliphatic hydroxyl groups excluding tert-OH is 1. The summed E-state index contributed by atoms with van der Waals surface area (Å²) in [6.45, 7) is 2.01. The topological polar surface area (TPSA) is 50.9 Å². The molecule has 0 aliphatic rings. The second-order valence-electron chi connectivity index (χ2n) is 2.14. The Hall–Kier alpha value is -0.900. The zero-order valence-electron chi connectivity index (χ0n) is 5.94. The normalized spacial score (nSPS) is 13.4. The van der Waals surface area contributed by atoms with Gasteiger partial charge in [0.15, 0.2) is 0 Å². The van der Waals surface area contributed by atoms with E-state index in [1.807, 2.05) is 6.92 Å². The van der Waals surface area contributed by atoms with Gasteiger partial charge in [0.1, 0.15) is 18.9 Å². The van der Waals surface area contributed by atoms with Crippen LogP contribution < -0.4 is 0 Å². The summed E-state index contributed by atoms with van der Waals surface area (Å²) < 4.78 is 1.45. The van der Waals surface area contributed by atoms with E-state index in [0.717, 1.165) is 12.8 Å². The quantitative estimate of drug-likeness (QED) is 0.669. The molecule has 0 bridgehead atoms. The molecular weight excluding hydrogens is 130 g/mol. The Kier molecular flexibility index (Phi) is 2.39. The number of hydrogen-bond donors (Lipinski definition) is 1. The van der Waals surface area contributed by atoms with Crippen LogP contribution in [0.15, 0.2) is 12.7 Å². The summed E-state index contributed by atoms with van der Waals surface area (Å²) in [5.41, 5.74) is 0. The third-order valence-corrected chi connectivity index (χ3v) is 1.29. The van der Waals surface area contributed by atoms with Crippen molar-refractivity contribution in [3.63, 3.8) is 0 Å². The summed E-state index contributed by atoms with van der Waals surface area (Å²) in [7, 11) is 0. The monoisotopic (exact) mass is 141 g/mol. The predicted molar refractivity (Wildman–Crippen MR) is 36.2 cm³/mol. The first-order chi connectivity index (χ1) is 4.84. The van der Waals surface area contributed by atoms with Crippen LogP contribution >= 0.6 is 0 Å². The molecule has 0 saturated carbocycles. The number of aromatic nitrogens is 3. The van der Waals surface area contributed by atoms with Gasteiger partial charge in [-0.25, -0.2) is 9.67 Å². The molecule has 0 aliphatic carbocycles. The number of hydrogen-bond acceptors (Lipinski definition) is 3. The average Bonchev–Trinajstić information content (AvgIpc) is 2.38. The molecule has 1 aromatic heterocycles. The molecule has 0 radical (unpaired) electrons. The number of aliphatic hydroxyl groups is 1. The van der Waals surface area contributed by atoms with Gasteiger partial charge in [-0.05, 0) is 6.42 Å². The van der Waals surface area contributed by atoms with Crippen LogP contribution in [0.1, 0.15) is 26.0 Å². The molecule has 4 heteroatoms. The van der Waals surface area contributed by atoms with Crippen molar-refractivity contribution < 1.29 is 5.11 Å². The lowest BCUT2D eigenvalue weighted by atomic mass is 10.3. The van der Waals surface area contributed by atoms with Crippen LogP contribution in [0.3, 0.4) is 0 Å². The van der Waals surface area contributed by atoms with E-state index in [1.165, 1.54) is 17.3 Å². The van der Waals surface area contributed by atoms with E-state index in [-0.39, 0.29) is 0 Å². The molecule has 56 valence electrons. The van der Waals surface area contributed by atoms with E-state index in [9.17, 15) is 5.11 Å². The Bertz CT molecular complexity index is 173. The third-order valence-electron chi connectivity index (χ3n) is 1.29. The van der Waals surface area contributed by atoms with E-state index in [1.54, 1.807) is 0 Å². The molecule has 1 N–H and O–H groups in total. The summed E-state index contributed by atoms with van der Waals surface area (Å²) in [5.74, 6) is 0. The lowest BCUT2D eigenvalue weighted by Crippen LogP contribution is -2.07. The van der Waals surface area contributed by atoms with Gasteiger partial charge < -0.3 is 5.11 Å². The van der Waals surface area contributed by atoms with Crippen LogP contribution in [0.5, 0.6) is 0 Å². The maximum Gasteiger partial charge on any atom is 0.148 e. The predicted octanol–water partition coefficient (Wildman–Crippen LogP) is 0.569. The van der Waals surface area contributed by atoms with Crippen molar-refractivity contribution in [2.75, 3.05) is 0 Å².